The number of ether oxygens (including phenoxy) is 2. The van der Waals surface area contributed by atoms with Gasteiger partial charge in [-0.25, -0.2) is 9.78 Å². The lowest BCUT2D eigenvalue weighted by Crippen LogP contribution is -2.31. The smallest absolute Gasteiger partial charge is 0.344 e. The van der Waals surface area contributed by atoms with Crippen molar-refractivity contribution in [3.05, 3.63) is 65.5 Å². The van der Waals surface area contributed by atoms with Crippen molar-refractivity contribution in [1.82, 2.24) is 4.98 Å². The molecule has 0 unspecified atom stereocenters. The van der Waals surface area contributed by atoms with Gasteiger partial charge in [-0.1, -0.05) is 49.4 Å². The molecule has 0 fully saturated rings. The molecule has 0 saturated carbocycles. The Morgan fingerprint density at radius 2 is 1.83 bits per heavy atom. The Labute approximate surface area is 173 Å². The molecular weight excluding hydrogens is 388 g/mol. The fraction of sp³-hybridized carbons (Fsp3) is 0.227. The Kier molecular flexibility index (Phi) is 6.97. The van der Waals surface area contributed by atoms with E-state index in [1.165, 1.54) is 23.8 Å². The molecule has 1 aromatic heterocycles. The molecule has 150 valence electrons. The summed E-state index contributed by atoms with van der Waals surface area (Å²) < 4.78 is 10.4. The van der Waals surface area contributed by atoms with Gasteiger partial charge in [0.2, 0.25) is 0 Å². The summed E-state index contributed by atoms with van der Waals surface area (Å²) in [6.45, 7) is 3.35. The fourth-order valence-electron chi connectivity index (χ4n) is 2.53. The second-order valence-corrected chi connectivity index (χ2v) is 7.17. The molecule has 0 bridgehead atoms. The maximum atomic E-state index is 12.3. The van der Waals surface area contributed by atoms with Gasteiger partial charge in [-0.2, -0.15) is 0 Å². The molecule has 0 aliphatic rings. The van der Waals surface area contributed by atoms with Crippen molar-refractivity contribution in [2.45, 2.75) is 26.4 Å². The number of hydrogen-bond acceptors (Lipinski definition) is 6. The number of carbonyl (C=O) groups excluding carboxylic acids is 2. The predicted octanol–water partition coefficient (Wildman–Crippen LogP) is 4.32. The Hall–Kier alpha value is -3.19. The van der Waals surface area contributed by atoms with Crippen molar-refractivity contribution in [3.63, 3.8) is 0 Å². The number of esters is 1. The lowest BCUT2D eigenvalue weighted by Gasteiger charge is -2.12. The summed E-state index contributed by atoms with van der Waals surface area (Å²) in [4.78, 5) is 28.6. The predicted molar refractivity (Wildman–Crippen MR) is 113 cm³/mol. The summed E-state index contributed by atoms with van der Waals surface area (Å²) in [6, 6.07) is 17.1. The van der Waals surface area contributed by atoms with E-state index in [0.717, 1.165) is 17.7 Å². The van der Waals surface area contributed by atoms with Gasteiger partial charge >= 0.3 is 5.97 Å². The third-order valence-corrected chi connectivity index (χ3v) is 4.93. The van der Waals surface area contributed by atoms with Crippen molar-refractivity contribution in [3.8, 4) is 17.0 Å². The van der Waals surface area contributed by atoms with Crippen LogP contribution >= 0.6 is 11.3 Å². The van der Waals surface area contributed by atoms with Gasteiger partial charge < -0.3 is 9.47 Å². The average molecular weight is 410 g/mol. The number of para-hydroxylation sites is 1. The number of aromatic nitrogens is 1. The molecule has 2 aromatic carbocycles. The summed E-state index contributed by atoms with van der Waals surface area (Å²) >= 11 is 1.32. The van der Waals surface area contributed by atoms with Crippen LogP contribution in [0.3, 0.4) is 0 Å². The minimum Gasteiger partial charge on any atom is -0.482 e. The van der Waals surface area contributed by atoms with E-state index in [2.05, 4.69) is 29.4 Å². The number of nitrogens with one attached hydrogen (secondary N) is 1. The molecular formula is C22H22N2O4S. The molecule has 7 heteroatoms. The lowest BCUT2D eigenvalue weighted by molar-refractivity contribution is -0.155. The monoisotopic (exact) mass is 410 g/mol. The van der Waals surface area contributed by atoms with Gasteiger partial charge in [0.1, 0.15) is 5.75 Å². The first-order chi connectivity index (χ1) is 14.0. The van der Waals surface area contributed by atoms with Crippen LogP contribution in [0.2, 0.25) is 0 Å². The Bertz CT molecular complexity index is 954. The van der Waals surface area contributed by atoms with E-state index in [-0.39, 0.29) is 6.61 Å². The van der Waals surface area contributed by atoms with E-state index >= 15 is 0 Å². The van der Waals surface area contributed by atoms with Crippen LogP contribution < -0.4 is 10.1 Å². The number of carbonyl (C=O) groups is 2. The van der Waals surface area contributed by atoms with Gasteiger partial charge in [0.05, 0.1) is 5.69 Å². The van der Waals surface area contributed by atoms with E-state index in [1.54, 1.807) is 24.3 Å². The van der Waals surface area contributed by atoms with Crippen molar-refractivity contribution in [1.29, 1.82) is 0 Å². The van der Waals surface area contributed by atoms with Crippen LogP contribution in [0.15, 0.2) is 60.0 Å². The maximum Gasteiger partial charge on any atom is 0.344 e. The minimum atomic E-state index is -0.960. The molecule has 1 N–H and O–H groups in total. The van der Waals surface area contributed by atoms with Gasteiger partial charge in [0.25, 0.3) is 5.91 Å². The molecule has 1 atom stereocenters. The molecule has 0 aliphatic carbocycles. The molecule has 3 aromatic rings. The van der Waals surface area contributed by atoms with Crippen molar-refractivity contribution >= 4 is 28.3 Å². The number of amides is 1. The van der Waals surface area contributed by atoms with E-state index in [0.29, 0.717) is 10.9 Å². The zero-order chi connectivity index (χ0) is 20.6. The standard InChI is InChI=1S/C22H22N2O4S/c1-3-16-9-11-17(12-10-16)19-14-29-22(23-19)24-21(26)15(2)28-20(25)13-27-18-7-5-4-6-8-18/h4-12,14-15H,3,13H2,1-2H3,(H,23,24,26)/t15-/m1/s1. The Morgan fingerprint density at radius 3 is 2.52 bits per heavy atom. The largest absolute Gasteiger partial charge is 0.482 e. The van der Waals surface area contributed by atoms with Gasteiger partial charge in [0.15, 0.2) is 17.8 Å². The van der Waals surface area contributed by atoms with Crippen LogP contribution in [0.4, 0.5) is 5.13 Å². The summed E-state index contributed by atoms with van der Waals surface area (Å²) in [7, 11) is 0. The van der Waals surface area contributed by atoms with Crippen molar-refractivity contribution < 1.29 is 19.1 Å². The van der Waals surface area contributed by atoms with Gasteiger partial charge in [-0.3, -0.25) is 10.1 Å². The van der Waals surface area contributed by atoms with Gasteiger partial charge in [-0.05, 0) is 31.0 Å². The molecule has 1 heterocycles. The first-order valence-electron chi connectivity index (χ1n) is 9.28. The number of aryl methyl sites for hydroxylation is 1. The van der Waals surface area contributed by atoms with Crippen LogP contribution in [0.1, 0.15) is 19.4 Å². The van der Waals surface area contributed by atoms with Crippen LogP contribution in [-0.2, 0) is 20.7 Å². The summed E-state index contributed by atoms with van der Waals surface area (Å²) in [5.41, 5.74) is 3.02. The molecule has 0 spiro atoms. The van der Waals surface area contributed by atoms with E-state index in [4.69, 9.17) is 9.47 Å². The van der Waals surface area contributed by atoms with E-state index in [1.807, 2.05) is 23.6 Å². The number of benzene rings is 2. The summed E-state index contributed by atoms with van der Waals surface area (Å²) in [5, 5.41) is 5.01. The highest BCUT2D eigenvalue weighted by Gasteiger charge is 2.19. The number of rotatable bonds is 8. The van der Waals surface area contributed by atoms with Gasteiger partial charge in [-0.15, -0.1) is 11.3 Å². The number of thiazole rings is 1. The minimum absolute atomic E-state index is 0.267. The zero-order valence-corrected chi connectivity index (χ0v) is 17.1. The Balaban J connectivity index is 1.50. The van der Waals surface area contributed by atoms with Crippen molar-refractivity contribution in [2.24, 2.45) is 0 Å². The van der Waals surface area contributed by atoms with Crippen LogP contribution in [0, 0.1) is 0 Å². The third-order valence-electron chi connectivity index (χ3n) is 4.17. The average Bonchev–Trinajstić information content (AvgIpc) is 3.21. The van der Waals surface area contributed by atoms with E-state index in [9.17, 15) is 9.59 Å². The highest BCUT2D eigenvalue weighted by atomic mass is 32.1. The van der Waals surface area contributed by atoms with E-state index < -0.39 is 18.0 Å². The number of anilines is 1. The van der Waals surface area contributed by atoms with Crippen LogP contribution in [0.25, 0.3) is 11.3 Å². The number of nitrogens with zero attached hydrogens (tertiary/aromatic N) is 1. The first kappa shape index (κ1) is 20.5. The SMILES string of the molecule is CCc1ccc(-c2csc(NC(=O)[C@@H](C)OC(=O)COc3ccccc3)n2)cc1. The second kappa shape index (κ2) is 9.84. The van der Waals surface area contributed by atoms with Crippen molar-refractivity contribution in [2.75, 3.05) is 11.9 Å². The van der Waals surface area contributed by atoms with Crippen LogP contribution in [-0.4, -0.2) is 29.6 Å². The molecule has 6 nitrogen and oxygen atoms in total. The number of hydrogen-bond donors (Lipinski definition) is 1. The van der Waals surface area contributed by atoms with Gasteiger partial charge in [0, 0.05) is 10.9 Å². The molecule has 0 saturated heterocycles. The molecule has 0 radical (unpaired) electrons. The molecule has 29 heavy (non-hydrogen) atoms. The Morgan fingerprint density at radius 1 is 1.10 bits per heavy atom. The summed E-state index contributed by atoms with van der Waals surface area (Å²) in [6.07, 6.45) is 0.0177. The third kappa shape index (κ3) is 5.89. The first-order valence-corrected chi connectivity index (χ1v) is 10.2. The highest BCUT2D eigenvalue weighted by Crippen LogP contribution is 2.25. The molecule has 0 aliphatic heterocycles. The normalized spacial score (nSPS) is 11.5. The second-order valence-electron chi connectivity index (χ2n) is 6.31. The molecule has 1 amide bonds. The topological polar surface area (TPSA) is 77.5 Å². The van der Waals surface area contributed by atoms with Crippen LogP contribution in [0.5, 0.6) is 5.75 Å². The summed E-state index contributed by atoms with van der Waals surface area (Å²) in [5.74, 6) is -0.503. The lowest BCUT2D eigenvalue weighted by atomic mass is 10.1. The maximum absolute atomic E-state index is 12.3. The quantitative estimate of drug-likeness (QED) is 0.560. The highest BCUT2D eigenvalue weighted by molar-refractivity contribution is 7.14. The fourth-order valence-corrected chi connectivity index (χ4v) is 3.25. The molecule has 3 rings (SSSR count). The zero-order valence-electron chi connectivity index (χ0n) is 16.3.